The van der Waals surface area contributed by atoms with Gasteiger partial charge in [0.2, 0.25) is 5.91 Å². The van der Waals surface area contributed by atoms with Gasteiger partial charge in [-0.1, -0.05) is 36.4 Å². The molecule has 0 fully saturated rings. The molecule has 1 amide bonds. The van der Waals surface area contributed by atoms with E-state index >= 15 is 0 Å². The molecule has 2 rings (SSSR count). The second kappa shape index (κ2) is 9.01. The van der Waals surface area contributed by atoms with Gasteiger partial charge in [-0.15, -0.1) is 17.9 Å². The lowest BCUT2D eigenvalue weighted by atomic mass is 10.1. The third-order valence-corrected chi connectivity index (χ3v) is 5.05. The van der Waals surface area contributed by atoms with Crippen molar-refractivity contribution >= 4 is 33.2 Å². The molecule has 0 bridgehead atoms. The van der Waals surface area contributed by atoms with Crippen LogP contribution in [-0.2, 0) is 11.3 Å². The van der Waals surface area contributed by atoms with E-state index < -0.39 is 0 Å². The van der Waals surface area contributed by atoms with Crippen molar-refractivity contribution in [1.82, 2.24) is 10.2 Å². The Kier molecular flexibility index (Phi) is 7.02. The van der Waals surface area contributed by atoms with Crippen molar-refractivity contribution in [2.45, 2.75) is 19.5 Å². The van der Waals surface area contributed by atoms with Gasteiger partial charge in [0.1, 0.15) is 0 Å². The van der Waals surface area contributed by atoms with Crippen LogP contribution >= 0.6 is 27.3 Å². The SMILES string of the molecule is C=CCN(CC(=O)N[C@@H](C)c1ccccc1)Cc1ccc(Br)s1. The number of nitrogens with one attached hydrogen (secondary N) is 1. The molecule has 2 aromatic rings. The molecule has 1 N–H and O–H groups in total. The van der Waals surface area contributed by atoms with Gasteiger partial charge in [-0.2, -0.15) is 0 Å². The molecule has 23 heavy (non-hydrogen) atoms. The summed E-state index contributed by atoms with van der Waals surface area (Å²) in [6.07, 6.45) is 1.83. The third kappa shape index (κ3) is 5.94. The molecule has 1 aromatic heterocycles. The first-order valence-corrected chi connectivity index (χ1v) is 9.11. The minimum atomic E-state index is 0.00478. The standard InChI is InChI=1S/C18H21BrN2OS/c1-3-11-21(12-16-9-10-17(19)23-16)13-18(22)20-14(2)15-7-5-4-6-8-15/h3-10,14H,1,11-13H2,2H3,(H,20,22)/t14-/m0/s1. The zero-order chi connectivity index (χ0) is 16.7. The number of amides is 1. The van der Waals surface area contributed by atoms with E-state index in [0.717, 1.165) is 15.9 Å². The molecule has 0 aliphatic rings. The number of carbonyl (C=O) groups excluding carboxylic acids is 1. The zero-order valence-electron chi connectivity index (χ0n) is 13.2. The maximum absolute atomic E-state index is 12.3. The lowest BCUT2D eigenvalue weighted by Gasteiger charge is -2.21. The van der Waals surface area contributed by atoms with Gasteiger partial charge in [0.05, 0.1) is 16.4 Å². The first-order chi connectivity index (χ1) is 11.1. The molecule has 0 aliphatic heterocycles. The molecule has 122 valence electrons. The Balaban J connectivity index is 1.91. The van der Waals surface area contributed by atoms with Crippen LogP contribution in [0.1, 0.15) is 23.4 Å². The number of carbonyl (C=O) groups is 1. The van der Waals surface area contributed by atoms with Gasteiger partial charge in [0.25, 0.3) is 0 Å². The molecule has 1 atom stereocenters. The molecule has 0 aliphatic carbocycles. The molecule has 0 unspecified atom stereocenters. The van der Waals surface area contributed by atoms with Crippen LogP contribution in [0.5, 0.6) is 0 Å². The summed E-state index contributed by atoms with van der Waals surface area (Å²) >= 11 is 5.16. The topological polar surface area (TPSA) is 32.3 Å². The van der Waals surface area contributed by atoms with Crippen LogP contribution in [0.3, 0.4) is 0 Å². The molecule has 0 saturated carbocycles. The Morgan fingerprint density at radius 2 is 2.09 bits per heavy atom. The summed E-state index contributed by atoms with van der Waals surface area (Å²) in [7, 11) is 0. The second-order valence-corrected chi connectivity index (χ2v) is 7.91. The average Bonchev–Trinajstić information content (AvgIpc) is 2.93. The number of hydrogen-bond acceptors (Lipinski definition) is 3. The van der Waals surface area contributed by atoms with Crippen LogP contribution < -0.4 is 5.32 Å². The molecule has 0 radical (unpaired) electrons. The quantitative estimate of drug-likeness (QED) is 0.676. The molecular formula is C18H21BrN2OS. The van der Waals surface area contributed by atoms with E-state index in [9.17, 15) is 4.79 Å². The zero-order valence-corrected chi connectivity index (χ0v) is 15.6. The molecule has 3 nitrogen and oxygen atoms in total. The molecule has 1 heterocycles. The Hall–Kier alpha value is -1.43. The fraction of sp³-hybridized carbons (Fsp3) is 0.278. The fourth-order valence-electron chi connectivity index (χ4n) is 2.34. The van der Waals surface area contributed by atoms with Gasteiger partial charge >= 0.3 is 0 Å². The van der Waals surface area contributed by atoms with E-state index in [1.54, 1.807) is 11.3 Å². The van der Waals surface area contributed by atoms with Crippen LogP contribution in [0.15, 0.2) is 58.9 Å². The minimum absolute atomic E-state index is 0.00478. The lowest BCUT2D eigenvalue weighted by Crippen LogP contribution is -2.38. The van der Waals surface area contributed by atoms with E-state index in [4.69, 9.17) is 0 Å². The Labute approximate surface area is 150 Å². The highest BCUT2D eigenvalue weighted by atomic mass is 79.9. The largest absolute Gasteiger partial charge is 0.348 e. The number of hydrogen-bond donors (Lipinski definition) is 1. The lowest BCUT2D eigenvalue weighted by molar-refractivity contribution is -0.122. The highest BCUT2D eigenvalue weighted by molar-refractivity contribution is 9.11. The summed E-state index contributed by atoms with van der Waals surface area (Å²) in [5.74, 6) is 0.0267. The van der Waals surface area contributed by atoms with Crippen molar-refractivity contribution in [1.29, 1.82) is 0 Å². The van der Waals surface area contributed by atoms with E-state index in [1.807, 2.05) is 49.4 Å². The molecule has 1 aromatic carbocycles. The van der Waals surface area contributed by atoms with Crippen molar-refractivity contribution in [3.05, 3.63) is 69.3 Å². The van der Waals surface area contributed by atoms with Gasteiger partial charge in [-0.3, -0.25) is 9.69 Å². The summed E-state index contributed by atoms with van der Waals surface area (Å²) in [6, 6.07) is 14.1. The smallest absolute Gasteiger partial charge is 0.234 e. The van der Waals surface area contributed by atoms with Crippen molar-refractivity contribution in [2.24, 2.45) is 0 Å². The van der Waals surface area contributed by atoms with E-state index in [-0.39, 0.29) is 11.9 Å². The summed E-state index contributed by atoms with van der Waals surface area (Å²) < 4.78 is 1.10. The van der Waals surface area contributed by atoms with Crippen molar-refractivity contribution in [2.75, 3.05) is 13.1 Å². The second-order valence-electron chi connectivity index (χ2n) is 5.36. The van der Waals surface area contributed by atoms with Gasteiger partial charge in [0.15, 0.2) is 0 Å². The van der Waals surface area contributed by atoms with Crippen LogP contribution in [-0.4, -0.2) is 23.9 Å². The average molecular weight is 393 g/mol. The maximum Gasteiger partial charge on any atom is 0.234 e. The van der Waals surface area contributed by atoms with Crippen molar-refractivity contribution < 1.29 is 4.79 Å². The molecule has 0 spiro atoms. The number of rotatable bonds is 8. The highest BCUT2D eigenvalue weighted by Crippen LogP contribution is 2.23. The number of benzene rings is 1. The van der Waals surface area contributed by atoms with E-state index in [2.05, 4.69) is 38.8 Å². The Morgan fingerprint density at radius 1 is 1.35 bits per heavy atom. The summed E-state index contributed by atoms with van der Waals surface area (Å²) in [5, 5.41) is 3.06. The van der Waals surface area contributed by atoms with Crippen LogP contribution in [0, 0.1) is 0 Å². The summed E-state index contributed by atoms with van der Waals surface area (Å²) in [6.45, 7) is 7.57. The summed E-state index contributed by atoms with van der Waals surface area (Å²) in [4.78, 5) is 15.6. The van der Waals surface area contributed by atoms with E-state index in [0.29, 0.717) is 13.1 Å². The Morgan fingerprint density at radius 3 is 2.70 bits per heavy atom. The predicted molar refractivity (Wildman–Crippen MR) is 100 cm³/mol. The van der Waals surface area contributed by atoms with Gasteiger partial charge in [0, 0.05) is 18.0 Å². The summed E-state index contributed by atoms with van der Waals surface area (Å²) in [5.41, 5.74) is 1.11. The van der Waals surface area contributed by atoms with E-state index in [1.165, 1.54) is 4.88 Å². The minimum Gasteiger partial charge on any atom is -0.348 e. The molecule has 0 saturated heterocycles. The third-order valence-electron chi connectivity index (χ3n) is 3.44. The first kappa shape index (κ1) is 17.9. The predicted octanol–water partition coefficient (Wildman–Crippen LogP) is 4.38. The maximum atomic E-state index is 12.3. The molecular weight excluding hydrogens is 372 g/mol. The monoisotopic (exact) mass is 392 g/mol. The van der Waals surface area contributed by atoms with Gasteiger partial charge in [-0.05, 0) is 40.5 Å². The van der Waals surface area contributed by atoms with Gasteiger partial charge in [-0.25, -0.2) is 0 Å². The normalized spacial score (nSPS) is 12.1. The molecule has 5 heteroatoms. The number of thiophene rings is 1. The Bertz CT molecular complexity index is 641. The number of nitrogens with zero attached hydrogens (tertiary/aromatic N) is 1. The first-order valence-electron chi connectivity index (χ1n) is 7.50. The van der Waals surface area contributed by atoms with Crippen molar-refractivity contribution in [3.8, 4) is 0 Å². The van der Waals surface area contributed by atoms with Crippen molar-refractivity contribution in [3.63, 3.8) is 0 Å². The van der Waals surface area contributed by atoms with Gasteiger partial charge < -0.3 is 5.32 Å². The highest BCUT2D eigenvalue weighted by Gasteiger charge is 2.14. The van der Waals surface area contributed by atoms with Crippen LogP contribution in [0.2, 0.25) is 0 Å². The van der Waals surface area contributed by atoms with Crippen LogP contribution in [0.25, 0.3) is 0 Å². The fourth-order valence-corrected chi connectivity index (χ4v) is 3.87. The number of halogens is 1. The van der Waals surface area contributed by atoms with Crippen LogP contribution in [0.4, 0.5) is 0 Å².